The number of aromatic amines is 1. The molecule has 1 aliphatic carbocycles. The summed E-state index contributed by atoms with van der Waals surface area (Å²) in [6, 6.07) is 21.2. The molecule has 2 aliphatic rings. The van der Waals surface area contributed by atoms with Crippen molar-refractivity contribution in [3.8, 4) is 11.4 Å². The summed E-state index contributed by atoms with van der Waals surface area (Å²) < 4.78 is 32.7. The number of allylic oxidation sites excluding steroid dienone is 2. The fourth-order valence-corrected chi connectivity index (χ4v) is 6.71. The number of H-pyrrole nitrogens is 1. The number of ketones is 1. The first kappa shape index (κ1) is 28.2. The first-order valence-electron chi connectivity index (χ1n) is 13.8. The number of para-hydroxylation sites is 1. The Morgan fingerprint density at radius 3 is 2.28 bits per heavy atom. The van der Waals surface area contributed by atoms with E-state index < -0.39 is 16.0 Å². The minimum absolute atomic E-state index is 0.0353. The highest BCUT2D eigenvalue weighted by Crippen LogP contribution is 2.48. The van der Waals surface area contributed by atoms with E-state index in [0.717, 1.165) is 5.70 Å². The van der Waals surface area contributed by atoms with Gasteiger partial charge in [0.15, 0.2) is 5.78 Å². The second kappa shape index (κ2) is 10.4. The molecule has 10 nitrogen and oxygen atoms in total. The molecule has 0 radical (unpaired) electrons. The van der Waals surface area contributed by atoms with Crippen molar-refractivity contribution in [3.63, 3.8) is 0 Å². The third-order valence-corrected chi connectivity index (χ3v) is 8.86. The monoisotopic (exact) mass is 598 g/mol. The highest BCUT2D eigenvalue weighted by atomic mass is 32.2. The van der Waals surface area contributed by atoms with Crippen LogP contribution in [0.3, 0.4) is 0 Å². The number of aromatic nitrogens is 2. The highest BCUT2D eigenvalue weighted by Gasteiger charge is 2.43. The fraction of sp³-hybridized carbons (Fsp3) is 0.219. The molecule has 3 N–H and O–H groups in total. The molecule has 1 unspecified atom stereocenters. The van der Waals surface area contributed by atoms with Crippen molar-refractivity contribution in [3.05, 3.63) is 112 Å². The Bertz CT molecular complexity index is 1940. The lowest BCUT2D eigenvalue weighted by molar-refractivity contribution is -0.118. The number of carbonyl (C=O) groups excluding carboxylic acids is 2. The third kappa shape index (κ3) is 5.39. The lowest BCUT2D eigenvalue weighted by atomic mass is 9.69. The number of carbonyl (C=O) groups is 2. The number of hydrogen-bond acceptors (Lipinski definition) is 7. The van der Waals surface area contributed by atoms with E-state index in [9.17, 15) is 22.8 Å². The quantitative estimate of drug-likeness (QED) is 0.263. The molecule has 220 valence electrons. The van der Waals surface area contributed by atoms with Gasteiger partial charge in [-0.1, -0.05) is 44.2 Å². The van der Waals surface area contributed by atoms with Crippen molar-refractivity contribution in [2.75, 3.05) is 10.6 Å². The number of benzene rings is 3. The largest absolute Gasteiger partial charge is 0.379 e. The van der Waals surface area contributed by atoms with Crippen LogP contribution in [0.15, 0.2) is 99.8 Å². The van der Waals surface area contributed by atoms with Gasteiger partial charge in [-0.25, -0.2) is 4.68 Å². The van der Waals surface area contributed by atoms with Gasteiger partial charge in [0.05, 0.1) is 11.3 Å². The molecule has 0 fully saturated rings. The van der Waals surface area contributed by atoms with Gasteiger partial charge in [-0.3, -0.25) is 19.5 Å². The molecular formula is C32H30N4O6S. The van der Waals surface area contributed by atoms with E-state index in [2.05, 4.69) is 15.7 Å². The van der Waals surface area contributed by atoms with Gasteiger partial charge < -0.3 is 14.8 Å². The predicted octanol–water partition coefficient (Wildman–Crippen LogP) is 5.09. The van der Waals surface area contributed by atoms with Crippen molar-refractivity contribution in [2.24, 2.45) is 5.41 Å². The fourth-order valence-electron chi connectivity index (χ4n) is 5.78. The third-order valence-electron chi connectivity index (χ3n) is 7.60. The van der Waals surface area contributed by atoms with E-state index in [0.29, 0.717) is 46.7 Å². The van der Waals surface area contributed by atoms with E-state index in [1.54, 1.807) is 12.1 Å². The van der Waals surface area contributed by atoms with Gasteiger partial charge in [-0.2, -0.15) is 8.42 Å². The normalized spacial score (nSPS) is 17.5. The number of hydrogen-bond donors (Lipinski definition) is 3. The van der Waals surface area contributed by atoms with Crippen LogP contribution in [-0.2, 0) is 19.7 Å². The molecule has 1 atom stereocenters. The number of nitrogens with zero attached hydrogens (tertiary/aromatic N) is 1. The molecule has 1 aromatic heterocycles. The van der Waals surface area contributed by atoms with Crippen molar-refractivity contribution in [2.45, 2.75) is 44.4 Å². The summed E-state index contributed by atoms with van der Waals surface area (Å²) in [6.07, 6.45) is 0.972. The van der Waals surface area contributed by atoms with Gasteiger partial charge in [-0.15, -0.1) is 0 Å². The average Bonchev–Trinajstić information content (AvgIpc) is 3.27. The predicted molar refractivity (Wildman–Crippen MR) is 162 cm³/mol. The topological polar surface area (TPSA) is 139 Å². The second-order valence-electron chi connectivity index (χ2n) is 11.6. The summed E-state index contributed by atoms with van der Waals surface area (Å²) in [4.78, 5) is 38.6. The van der Waals surface area contributed by atoms with E-state index in [4.69, 9.17) is 4.18 Å². The van der Waals surface area contributed by atoms with Gasteiger partial charge in [-0.05, 0) is 65.9 Å². The zero-order chi connectivity index (χ0) is 30.5. The summed E-state index contributed by atoms with van der Waals surface area (Å²) in [5.74, 6) is -0.367. The van der Waals surface area contributed by atoms with Crippen LogP contribution in [0.5, 0.6) is 5.75 Å². The first-order valence-corrected chi connectivity index (χ1v) is 15.2. The van der Waals surface area contributed by atoms with E-state index in [-0.39, 0.29) is 33.3 Å². The standard InChI is InChI=1S/C32H30N4O6S/c1-19(37)33-21-11-15-24(16-12-21)43(40,41)42-23-13-9-20(10-14-23)27-28-25(17-32(2,3)18-26(28)38)34-30-29(27)31(39)36(35-30)22-7-5-4-6-8-22/h4-16,27,34-35H,17-18H2,1-3H3,(H,33,37). The van der Waals surface area contributed by atoms with Crippen LogP contribution < -0.4 is 20.4 Å². The van der Waals surface area contributed by atoms with Crippen molar-refractivity contribution in [1.29, 1.82) is 0 Å². The molecule has 1 aliphatic heterocycles. The first-order chi connectivity index (χ1) is 20.4. The maximum absolute atomic E-state index is 13.8. The summed E-state index contributed by atoms with van der Waals surface area (Å²) in [7, 11) is -4.16. The Labute approximate surface area is 248 Å². The molecule has 6 rings (SSSR count). The van der Waals surface area contributed by atoms with Crippen LogP contribution in [0.1, 0.15) is 50.7 Å². The zero-order valence-corrected chi connectivity index (χ0v) is 24.6. The molecule has 0 saturated carbocycles. The molecule has 1 amide bonds. The minimum atomic E-state index is -4.16. The van der Waals surface area contributed by atoms with Gasteiger partial charge in [0, 0.05) is 36.2 Å². The van der Waals surface area contributed by atoms with Crippen LogP contribution in [0.4, 0.5) is 11.5 Å². The summed E-state index contributed by atoms with van der Waals surface area (Å²) in [5.41, 5.74) is 2.97. The van der Waals surface area contributed by atoms with Gasteiger partial charge in [0.25, 0.3) is 5.56 Å². The van der Waals surface area contributed by atoms with Crippen LogP contribution in [-0.4, -0.2) is 29.9 Å². The number of fused-ring (bicyclic) bond motifs is 1. The zero-order valence-electron chi connectivity index (χ0n) is 23.8. The Balaban J connectivity index is 1.36. The van der Waals surface area contributed by atoms with Crippen LogP contribution in [0.25, 0.3) is 5.69 Å². The van der Waals surface area contributed by atoms with Crippen LogP contribution in [0, 0.1) is 5.41 Å². The maximum Gasteiger partial charge on any atom is 0.339 e. The van der Waals surface area contributed by atoms with E-state index >= 15 is 0 Å². The lowest BCUT2D eigenvalue weighted by Crippen LogP contribution is -2.35. The Hall–Kier alpha value is -4.90. The maximum atomic E-state index is 13.8. The Morgan fingerprint density at radius 2 is 1.63 bits per heavy atom. The van der Waals surface area contributed by atoms with Gasteiger partial charge in [0.2, 0.25) is 5.91 Å². The van der Waals surface area contributed by atoms with Gasteiger partial charge >= 0.3 is 10.1 Å². The van der Waals surface area contributed by atoms with Crippen LogP contribution >= 0.6 is 0 Å². The van der Waals surface area contributed by atoms with Crippen molar-refractivity contribution >= 4 is 33.3 Å². The molecule has 43 heavy (non-hydrogen) atoms. The number of rotatable bonds is 6. The van der Waals surface area contributed by atoms with Gasteiger partial charge in [0.1, 0.15) is 16.5 Å². The second-order valence-corrected chi connectivity index (χ2v) is 13.1. The molecule has 2 heterocycles. The molecule has 0 spiro atoms. The number of nitrogens with one attached hydrogen (secondary N) is 3. The molecule has 3 aromatic carbocycles. The average molecular weight is 599 g/mol. The molecule has 4 aromatic rings. The molecule has 11 heteroatoms. The number of Topliss-reactive ketones (excluding diaryl/α,β-unsaturated/α-hetero) is 1. The lowest BCUT2D eigenvalue weighted by Gasteiger charge is -2.37. The molecule has 0 saturated heterocycles. The highest BCUT2D eigenvalue weighted by molar-refractivity contribution is 7.87. The number of amides is 1. The number of anilines is 2. The SMILES string of the molecule is CC(=O)Nc1ccc(S(=O)(=O)Oc2ccc(C3C4=C(CC(C)(C)CC4=O)Nc4[nH]n(-c5ccccc5)c(=O)c43)cc2)cc1. The van der Waals surface area contributed by atoms with E-state index in [1.807, 2.05) is 44.2 Å². The Kier molecular flexibility index (Phi) is 6.84. The van der Waals surface area contributed by atoms with Crippen molar-refractivity contribution < 1.29 is 22.2 Å². The van der Waals surface area contributed by atoms with Crippen LogP contribution in [0.2, 0.25) is 0 Å². The summed E-state index contributed by atoms with van der Waals surface area (Å²) in [6.45, 7) is 5.44. The van der Waals surface area contributed by atoms with E-state index in [1.165, 1.54) is 48.0 Å². The molecule has 0 bridgehead atoms. The summed E-state index contributed by atoms with van der Waals surface area (Å²) >= 11 is 0. The molecular weight excluding hydrogens is 568 g/mol. The van der Waals surface area contributed by atoms with Crippen molar-refractivity contribution in [1.82, 2.24) is 9.78 Å². The summed E-state index contributed by atoms with van der Waals surface area (Å²) in [5, 5.41) is 9.12. The Morgan fingerprint density at radius 1 is 0.953 bits per heavy atom. The minimum Gasteiger partial charge on any atom is -0.379 e. The smallest absolute Gasteiger partial charge is 0.339 e.